The Hall–Kier alpha value is -1.68. The fourth-order valence-corrected chi connectivity index (χ4v) is 3.37. The summed E-state index contributed by atoms with van der Waals surface area (Å²) in [7, 11) is 1.43. The minimum atomic E-state index is -0.433. The van der Waals surface area contributed by atoms with Crippen LogP contribution in [0.4, 0.5) is 5.69 Å². The number of benzene rings is 1. The quantitative estimate of drug-likeness (QED) is 0.904. The molecule has 0 atom stereocenters. The summed E-state index contributed by atoms with van der Waals surface area (Å²) in [4.78, 5) is 12.0. The van der Waals surface area contributed by atoms with E-state index in [-0.39, 0.29) is 5.95 Å². The van der Waals surface area contributed by atoms with Gasteiger partial charge in [0.2, 0.25) is 0 Å². The van der Waals surface area contributed by atoms with E-state index >= 15 is 0 Å². The maximum absolute atomic E-state index is 12.0. The van der Waals surface area contributed by atoms with Crippen molar-refractivity contribution in [2.45, 2.75) is 32.1 Å². The van der Waals surface area contributed by atoms with E-state index in [2.05, 4.69) is 5.32 Å². The van der Waals surface area contributed by atoms with Crippen molar-refractivity contribution in [1.29, 1.82) is 0 Å². The number of anilines is 1. The molecule has 4 nitrogen and oxygen atoms in total. The lowest BCUT2D eigenvalue weighted by Crippen LogP contribution is -2.17. The summed E-state index contributed by atoms with van der Waals surface area (Å²) in [6, 6.07) is 5.57. The number of halogens is 1. The second kappa shape index (κ2) is 6.61. The van der Waals surface area contributed by atoms with Gasteiger partial charge in [-0.1, -0.05) is 36.9 Å². The normalized spacial score (nSPS) is 15.9. The summed E-state index contributed by atoms with van der Waals surface area (Å²) >= 11 is 6.19. The van der Waals surface area contributed by atoms with Crippen LogP contribution in [0.1, 0.15) is 32.1 Å². The molecule has 1 aromatic carbocycles. The Morgan fingerprint density at radius 1 is 1.27 bits per heavy atom. The first-order valence-corrected chi connectivity index (χ1v) is 8.11. The predicted octanol–water partition coefficient (Wildman–Crippen LogP) is 4.45. The van der Waals surface area contributed by atoms with Crippen LogP contribution in [-0.4, -0.2) is 13.7 Å². The molecule has 1 aromatic heterocycles. The summed E-state index contributed by atoms with van der Waals surface area (Å²) in [5, 5.41) is 4.88. The van der Waals surface area contributed by atoms with Gasteiger partial charge in [0.1, 0.15) is 5.02 Å². The van der Waals surface area contributed by atoms with Crippen molar-refractivity contribution in [2.24, 2.45) is 5.92 Å². The van der Waals surface area contributed by atoms with Crippen LogP contribution in [0.3, 0.4) is 0 Å². The molecule has 2 aromatic rings. The summed E-state index contributed by atoms with van der Waals surface area (Å²) < 4.78 is 10.1. The summed E-state index contributed by atoms with van der Waals surface area (Å²) in [5.41, 5.74) is 0.490. The zero-order valence-corrected chi connectivity index (χ0v) is 13.4. The van der Waals surface area contributed by atoms with Gasteiger partial charge in [0, 0.05) is 17.6 Å². The Morgan fingerprint density at radius 2 is 2.05 bits per heavy atom. The summed E-state index contributed by atoms with van der Waals surface area (Å²) in [6.07, 6.45) is 6.57. The van der Waals surface area contributed by atoms with Gasteiger partial charge in [-0.2, -0.15) is 0 Å². The molecule has 5 heteroatoms. The zero-order chi connectivity index (χ0) is 15.5. The Balaban J connectivity index is 1.83. The van der Waals surface area contributed by atoms with E-state index in [0.29, 0.717) is 15.8 Å². The minimum Gasteiger partial charge on any atom is -0.467 e. The molecule has 0 aliphatic heterocycles. The third-order valence-electron chi connectivity index (χ3n) is 4.35. The van der Waals surface area contributed by atoms with Gasteiger partial charge in [-0.25, -0.2) is 4.79 Å². The van der Waals surface area contributed by atoms with E-state index in [0.717, 1.165) is 18.2 Å². The van der Waals surface area contributed by atoms with Crippen molar-refractivity contribution in [3.8, 4) is 5.95 Å². The first kappa shape index (κ1) is 15.2. The van der Waals surface area contributed by atoms with Gasteiger partial charge >= 0.3 is 11.6 Å². The van der Waals surface area contributed by atoms with Crippen molar-refractivity contribution in [3.63, 3.8) is 0 Å². The fourth-order valence-electron chi connectivity index (χ4n) is 3.09. The highest BCUT2D eigenvalue weighted by atomic mass is 35.5. The molecule has 1 saturated carbocycles. The molecule has 0 radical (unpaired) electrons. The second-order valence-electron chi connectivity index (χ2n) is 5.84. The van der Waals surface area contributed by atoms with E-state index in [1.54, 1.807) is 6.07 Å². The third kappa shape index (κ3) is 3.07. The fraction of sp³-hybridized carbons (Fsp3) is 0.471. The third-order valence-corrected chi connectivity index (χ3v) is 4.70. The van der Waals surface area contributed by atoms with E-state index in [1.165, 1.54) is 39.2 Å². The molecular weight excluding hydrogens is 302 g/mol. The lowest BCUT2D eigenvalue weighted by Gasteiger charge is -2.22. The smallest absolute Gasteiger partial charge is 0.346 e. The molecule has 1 aliphatic carbocycles. The molecule has 0 bridgehead atoms. The van der Waals surface area contributed by atoms with Crippen LogP contribution >= 0.6 is 11.6 Å². The molecule has 0 unspecified atom stereocenters. The van der Waals surface area contributed by atoms with Gasteiger partial charge in [-0.3, -0.25) is 0 Å². The van der Waals surface area contributed by atoms with Gasteiger partial charge in [0.15, 0.2) is 0 Å². The number of hydrogen-bond donors (Lipinski definition) is 1. The summed E-state index contributed by atoms with van der Waals surface area (Å²) in [6.45, 7) is 0.945. The van der Waals surface area contributed by atoms with Crippen LogP contribution in [-0.2, 0) is 0 Å². The van der Waals surface area contributed by atoms with Crippen LogP contribution in [0.15, 0.2) is 27.4 Å². The zero-order valence-electron chi connectivity index (χ0n) is 12.7. The monoisotopic (exact) mass is 321 g/mol. The Morgan fingerprint density at radius 3 is 2.77 bits per heavy atom. The lowest BCUT2D eigenvalue weighted by molar-refractivity contribution is 0.289. The SMILES string of the molecule is COc1oc(=O)c2cc(NCC3CCCCC3)ccc2c1Cl. The minimum absolute atomic E-state index is 0.0575. The Bertz CT molecular complexity index is 720. The Kier molecular flexibility index (Phi) is 4.57. The van der Waals surface area contributed by atoms with Crippen LogP contribution in [0.25, 0.3) is 10.8 Å². The highest BCUT2D eigenvalue weighted by molar-refractivity contribution is 6.36. The first-order valence-electron chi connectivity index (χ1n) is 7.73. The van der Waals surface area contributed by atoms with Gasteiger partial charge < -0.3 is 14.5 Å². The van der Waals surface area contributed by atoms with Crippen molar-refractivity contribution in [2.75, 3.05) is 19.0 Å². The molecule has 1 N–H and O–H groups in total. The molecule has 1 heterocycles. The van der Waals surface area contributed by atoms with E-state index in [1.807, 2.05) is 12.1 Å². The van der Waals surface area contributed by atoms with Crippen molar-refractivity contribution >= 4 is 28.1 Å². The van der Waals surface area contributed by atoms with Crippen molar-refractivity contribution < 1.29 is 9.15 Å². The highest BCUT2D eigenvalue weighted by Gasteiger charge is 2.15. The number of hydrogen-bond acceptors (Lipinski definition) is 4. The number of nitrogens with one attached hydrogen (secondary N) is 1. The average Bonchev–Trinajstić information content (AvgIpc) is 2.57. The molecule has 3 rings (SSSR count). The first-order chi connectivity index (χ1) is 10.7. The average molecular weight is 322 g/mol. The lowest BCUT2D eigenvalue weighted by atomic mass is 9.89. The second-order valence-corrected chi connectivity index (χ2v) is 6.22. The molecule has 0 spiro atoms. The van der Waals surface area contributed by atoms with Crippen LogP contribution < -0.4 is 15.7 Å². The molecule has 0 saturated heterocycles. The van der Waals surface area contributed by atoms with Gasteiger partial charge in [-0.05, 0) is 30.9 Å². The van der Waals surface area contributed by atoms with Gasteiger partial charge in [0.25, 0.3) is 0 Å². The highest BCUT2D eigenvalue weighted by Crippen LogP contribution is 2.31. The Labute approximate surface area is 134 Å². The van der Waals surface area contributed by atoms with Crippen molar-refractivity contribution in [3.05, 3.63) is 33.6 Å². The largest absolute Gasteiger partial charge is 0.467 e. The molecule has 0 amide bonds. The maximum Gasteiger partial charge on any atom is 0.346 e. The predicted molar refractivity (Wildman–Crippen MR) is 89.1 cm³/mol. The topological polar surface area (TPSA) is 51.5 Å². The van der Waals surface area contributed by atoms with Crippen LogP contribution in [0.2, 0.25) is 5.02 Å². The number of ether oxygens (including phenoxy) is 1. The summed E-state index contributed by atoms with van der Waals surface area (Å²) in [5.74, 6) is 0.780. The number of rotatable bonds is 4. The van der Waals surface area contributed by atoms with E-state index < -0.39 is 5.63 Å². The molecule has 118 valence electrons. The number of methoxy groups -OCH3 is 1. The van der Waals surface area contributed by atoms with E-state index in [9.17, 15) is 4.79 Å². The standard InChI is InChI=1S/C17H20ClNO3/c1-21-17-15(18)13-8-7-12(9-14(13)16(20)22-17)19-10-11-5-3-2-4-6-11/h7-9,11,19H,2-6,10H2,1H3. The van der Waals surface area contributed by atoms with Crippen LogP contribution in [0, 0.1) is 5.92 Å². The molecule has 1 aliphatic rings. The molecular formula is C17H20ClNO3. The van der Waals surface area contributed by atoms with Crippen molar-refractivity contribution in [1.82, 2.24) is 0 Å². The molecule has 22 heavy (non-hydrogen) atoms. The van der Waals surface area contributed by atoms with Crippen LogP contribution in [0.5, 0.6) is 5.95 Å². The molecule has 1 fully saturated rings. The maximum atomic E-state index is 12.0. The van der Waals surface area contributed by atoms with Gasteiger partial charge in [-0.15, -0.1) is 0 Å². The van der Waals surface area contributed by atoms with Gasteiger partial charge in [0.05, 0.1) is 12.5 Å². The number of fused-ring (bicyclic) bond motifs is 1. The van der Waals surface area contributed by atoms with E-state index in [4.69, 9.17) is 20.8 Å².